The molecule has 0 rings (SSSR count). The minimum Gasteiger partial charge on any atom is -0.387 e. The number of hydrogen-bond donors (Lipinski definition) is 1. The van der Waals surface area contributed by atoms with Gasteiger partial charge in [-0.2, -0.15) is 0 Å². The van der Waals surface area contributed by atoms with E-state index in [1.165, 1.54) is 5.57 Å². The Morgan fingerprint density at radius 1 is 1.27 bits per heavy atom. The van der Waals surface area contributed by atoms with Crippen LogP contribution in [0, 0.1) is 0 Å². The topological polar surface area (TPSA) is 38.4 Å². The molecule has 11 heavy (non-hydrogen) atoms. The van der Waals surface area contributed by atoms with Crippen LogP contribution in [0.15, 0.2) is 16.3 Å². The highest BCUT2D eigenvalue weighted by molar-refractivity contribution is 5.81. The normalized spacial score (nSPS) is 11.5. The van der Waals surface area contributed by atoms with Crippen LogP contribution in [0.4, 0.5) is 0 Å². The fraction of sp³-hybridized carbons (Fsp3) is 0.667. The van der Waals surface area contributed by atoms with E-state index in [9.17, 15) is 0 Å². The van der Waals surface area contributed by atoms with Gasteiger partial charge in [-0.3, -0.25) is 0 Å². The zero-order valence-electron chi connectivity index (χ0n) is 7.94. The van der Waals surface area contributed by atoms with E-state index in [1.54, 1.807) is 0 Å². The molecule has 0 aliphatic carbocycles. The monoisotopic (exact) mass is 154 g/mol. The minimum absolute atomic E-state index is 0.742. The number of allylic oxidation sites excluding steroid dienone is 2. The van der Waals surface area contributed by atoms with Crippen molar-refractivity contribution in [3.8, 4) is 0 Å². The van der Waals surface area contributed by atoms with Crippen molar-refractivity contribution in [1.29, 1.82) is 0 Å². The Bertz CT molecular complexity index is 174. The Balaban J connectivity index is 4.19. The predicted molar refractivity (Wildman–Crippen MR) is 50.6 cm³/mol. The predicted octanol–water partition coefficient (Wildman–Crippen LogP) is 2.46. The molecule has 0 aromatic rings. The molecule has 0 aliphatic heterocycles. The third-order valence-corrected chi connectivity index (χ3v) is 1.54. The first-order valence-corrected chi connectivity index (χ1v) is 4.05. The van der Waals surface area contributed by atoms with Crippen LogP contribution in [-0.2, 0) is 0 Å². The lowest BCUT2D eigenvalue weighted by Gasteiger charge is -1.99. The summed E-state index contributed by atoms with van der Waals surface area (Å²) >= 11 is 0. The summed E-state index contributed by atoms with van der Waals surface area (Å²) in [6.07, 6.45) is 1.95. The molecule has 0 aromatic heterocycles. The van der Waals surface area contributed by atoms with Gasteiger partial charge in [0.2, 0.25) is 0 Å². The van der Waals surface area contributed by atoms with Gasteiger partial charge in [-0.25, -0.2) is 4.99 Å². The maximum Gasteiger partial charge on any atom is 0.0992 e. The number of amidine groups is 1. The standard InChI is InChI=1S/C9H18N2/c1-5-6-9(10)11-8(4)7(2)3/h5-6H2,1-4H3,(H2,10,11). The Morgan fingerprint density at radius 3 is 2.18 bits per heavy atom. The molecule has 0 spiro atoms. The highest BCUT2D eigenvalue weighted by Gasteiger charge is 1.91. The van der Waals surface area contributed by atoms with E-state index < -0.39 is 0 Å². The minimum atomic E-state index is 0.742. The third-order valence-electron chi connectivity index (χ3n) is 1.54. The molecule has 0 amide bonds. The summed E-state index contributed by atoms with van der Waals surface area (Å²) in [5, 5.41) is 0. The fourth-order valence-electron chi connectivity index (χ4n) is 0.639. The van der Waals surface area contributed by atoms with E-state index in [-0.39, 0.29) is 0 Å². The Morgan fingerprint density at radius 2 is 1.82 bits per heavy atom. The van der Waals surface area contributed by atoms with Crippen molar-refractivity contribution in [3.05, 3.63) is 11.3 Å². The van der Waals surface area contributed by atoms with E-state index in [1.807, 2.05) is 20.8 Å². The van der Waals surface area contributed by atoms with Crippen molar-refractivity contribution >= 4 is 5.84 Å². The van der Waals surface area contributed by atoms with E-state index in [4.69, 9.17) is 5.73 Å². The van der Waals surface area contributed by atoms with Gasteiger partial charge >= 0.3 is 0 Å². The highest BCUT2D eigenvalue weighted by atomic mass is 14.9. The molecule has 0 bridgehead atoms. The van der Waals surface area contributed by atoms with Gasteiger partial charge in [0.25, 0.3) is 0 Å². The summed E-state index contributed by atoms with van der Waals surface area (Å²) in [7, 11) is 0. The van der Waals surface area contributed by atoms with Crippen LogP contribution in [-0.4, -0.2) is 5.84 Å². The first kappa shape index (κ1) is 10.2. The van der Waals surface area contributed by atoms with E-state index in [2.05, 4.69) is 11.9 Å². The average molecular weight is 154 g/mol. The summed E-state index contributed by atoms with van der Waals surface area (Å²) in [4.78, 5) is 4.24. The molecule has 0 fully saturated rings. The molecule has 0 radical (unpaired) electrons. The zero-order valence-corrected chi connectivity index (χ0v) is 7.94. The van der Waals surface area contributed by atoms with Crippen LogP contribution in [0.3, 0.4) is 0 Å². The summed E-state index contributed by atoms with van der Waals surface area (Å²) in [6.45, 7) is 8.16. The molecule has 2 N–H and O–H groups in total. The second kappa shape index (κ2) is 4.94. The van der Waals surface area contributed by atoms with Crippen molar-refractivity contribution in [2.45, 2.75) is 40.5 Å². The maximum absolute atomic E-state index is 5.64. The lowest BCUT2D eigenvalue weighted by molar-refractivity contribution is 0.976. The first-order chi connectivity index (χ1) is 5.07. The Kier molecular flexibility index (Phi) is 4.59. The highest BCUT2D eigenvalue weighted by Crippen LogP contribution is 2.03. The van der Waals surface area contributed by atoms with Crippen LogP contribution >= 0.6 is 0 Å². The molecule has 2 heteroatoms. The smallest absolute Gasteiger partial charge is 0.0992 e. The van der Waals surface area contributed by atoms with Gasteiger partial charge in [0.1, 0.15) is 0 Å². The van der Waals surface area contributed by atoms with Gasteiger partial charge in [0, 0.05) is 12.1 Å². The van der Waals surface area contributed by atoms with Gasteiger partial charge in [-0.05, 0) is 27.2 Å². The van der Waals surface area contributed by atoms with E-state index >= 15 is 0 Å². The average Bonchev–Trinajstić information content (AvgIpc) is 1.87. The van der Waals surface area contributed by atoms with Gasteiger partial charge in [0.15, 0.2) is 0 Å². The molecule has 0 saturated heterocycles. The number of nitrogens with two attached hydrogens (primary N) is 1. The quantitative estimate of drug-likeness (QED) is 0.492. The maximum atomic E-state index is 5.64. The summed E-state index contributed by atoms with van der Waals surface area (Å²) in [5.74, 6) is 0.742. The molecule has 64 valence electrons. The van der Waals surface area contributed by atoms with Crippen LogP contribution < -0.4 is 5.73 Å². The molecular formula is C9H18N2. The van der Waals surface area contributed by atoms with Gasteiger partial charge in [-0.1, -0.05) is 12.5 Å². The Labute approximate surface area is 69.2 Å². The molecule has 0 saturated carbocycles. The van der Waals surface area contributed by atoms with Gasteiger partial charge < -0.3 is 5.73 Å². The van der Waals surface area contributed by atoms with Crippen molar-refractivity contribution < 1.29 is 0 Å². The largest absolute Gasteiger partial charge is 0.387 e. The van der Waals surface area contributed by atoms with Crippen molar-refractivity contribution in [3.63, 3.8) is 0 Å². The SMILES string of the molecule is CCCC(N)=NC(C)=C(C)C. The molecule has 0 aromatic carbocycles. The number of aliphatic imine (C=N–C) groups is 1. The molecule has 0 atom stereocenters. The second-order valence-electron chi connectivity index (χ2n) is 2.94. The third kappa shape index (κ3) is 4.59. The van der Waals surface area contributed by atoms with Crippen LogP contribution in [0.2, 0.25) is 0 Å². The zero-order chi connectivity index (χ0) is 8.85. The summed E-state index contributed by atoms with van der Waals surface area (Å²) in [5.41, 5.74) is 7.90. The molecule has 0 unspecified atom stereocenters. The lowest BCUT2D eigenvalue weighted by atomic mass is 10.3. The second-order valence-corrected chi connectivity index (χ2v) is 2.94. The van der Waals surface area contributed by atoms with Crippen LogP contribution in [0.25, 0.3) is 0 Å². The van der Waals surface area contributed by atoms with Crippen molar-refractivity contribution in [2.24, 2.45) is 10.7 Å². The number of nitrogens with zero attached hydrogens (tertiary/aromatic N) is 1. The van der Waals surface area contributed by atoms with E-state index in [0.717, 1.165) is 24.4 Å². The first-order valence-electron chi connectivity index (χ1n) is 4.05. The molecule has 2 nitrogen and oxygen atoms in total. The van der Waals surface area contributed by atoms with E-state index in [0.29, 0.717) is 0 Å². The fourth-order valence-corrected chi connectivity index (χ4v) is 0.639. The molecule has 0 aliphatic rings. The van der Waals surface area contributed by atoms with Crippen molar-refractivity contribution in [2.75, 3.05) is 0 Å². The van der Waals surface area contributed by atoms with Gasteiger partial charge in [0.05, 0.1) is 5.84 Å². The Hall–Kier alpha value is -0.790. The van der Waals surface area contributed by atoms with Gasteiger partial charge in [-0.15, -0.1) is 0 Å². The van der Waals surface area contributed by atoms with Crippen molar-refractivity contribution in [1.82, 2.24) is 0 Å². The van der Waals surface area contributed by atoms with Crippen LogP contribution in [0.5, 0.6) is 0 Å². The lowest BCUT2D eigenvalue weighted by Crippen LogP contribution is -2.10. The molecule has 0 heterocycles. The summed E-state index contributed by atoms with van der Waals surface area (Å²) in [6, 6.07) is 0. The summed E-state index contributed by atoms with van der Waals surface area (Å²) < 4.78 is 0. The molecular weight excluding hydrogens is 136 g/mol. The number of hydrogen-bond acceptors (Lipinski definition) is 1. The van der Waals surface area contributed by atoms with Crippen LogP contribution in [0.1, 0.15) is 40.5 Å². The number of rotatable bonds is 3.